The maximum absolute atomic E-state index is 14.1. The quantitative estimate of drug-likeness (QED) is 0.687. The molecule has 3 aliphatic rings. The first-order chi connectivity index (χ1) is 13.7. The number of amides is 2. The predicted molar refractivity (Wildman–Crippen MR) is 119 cm³/mol. The Labute approximate surface area is 175 Å². The molecule has 29 heavy (non-hydrogen) atoms. The Hall–Kier alpha value is -2.53. The molecule has 0 N–H and O–H groups in total. The second-order valence-electron chi connectivity index (χ2n) is 8.75. The summed E-state index contributed by atoms with van der Waals surface area (Å²) in [6.07, 6.45) is 2.15. The first-order valence-corrected chi connectivity index (χ1v) is 10.9. The van der Waals surface area contributed by atoms with Crippen molar-refractivity contribution in [2.75, 3.05) is 15.6 Å². The lowest BCUT2D eigenvalue weighted by molar-refractivity contribution is -0.124. The average molecular weight is 405 g/mol. The van der Waals surface area contributed by atoms with E-state index in [9.17, 15) is 9.59 Å². The minimum absolute atomic E-state index is 0.0217. The SMILES string of the molecule is CC1=CC(C)(C)N2C(=O)C3(SCC(=O)N3c3ccc(C)c(C)c3)c3cccc1c32. The number of hydrogen-bond acceptors (Lipinski definition) is 3. The van der Waals surface area contributed by atoms with Gasteiger partial charge >= 0.3 is 0 Å². The first kappa shape index (κ1) is 18.5. The maximum Gasteiger partial charge on any atom is 0.269 e. The van der Waals surface area contributed by atoms with Crippen LogP contribution in [0.5, 0.6) is 0 Å². The van der Waals surface area contributed by atoms with E-state index in [0.717, 1.165) is 28.1 Å². The van der Waals surface area contributed by atoms with E-state index in [2.05, 4.69) is 39.8 Å². The highest BCUT2D eigenvalue weighted by Gasteiger charge is 2.63. The first-order valence-electron chi connectivity index (χ1n) is 9.91. The van der Waals surface area contributed by atoms with Crippen molar-refractivity contribution < 1.29 is 9.59 Å². The minimum Gasteiger partial charge on any atom is -0.299 e. The molecular weight excluding hydrogens is 380 g/mol. The third-order valence-corrected chi connectivity index (χ3v) is 7.79. The number of para-hydroxylation sites is 1. The third kappa shape index (κ3) is 2.22. The number of aryl methyl sites for hydroxylation is 2. The molecule has 5 heteroatoms. The molecule has 0 saturated carbocycles. The number of allylic oxidation sites excluding steroid dienone is 1. The van der Waals surface area contributed by atoms with Gasteiger partial charge in [0.25, 0.3) is 5.91 Å². The van der Waals surface area contributed by atoms with Gasteiger partial charge in [0.05, 0.1) is 17.0 Å². The van der Waals surface area contributed by atoms with Crippen LogP contribution in [0.25, 0.3) is 5.57 Å². The van der Waals surface area contributed by atoms with Gasteiger partial charge in [0.2, 0.25) is 10.8 Å². The van der Waals surface area contributed by atoms with Crippen molar-refractivity contribution in [3.05, 3.63) is 64.7 Å². The zero-order chi connectivity index (χ0) is 20.7. The summed E-state index contributed by atoms with van der Waals surface area (Å²) >= 11 is 1.44. The van der Waals surface area contributed by atoms with Crippen LogP contribution in [-0.2, 0) is 14.5 Å². The number of hydrogen-bond donors (Lipinski definition) is 0. The lowest BCUT2D eigenvalue weighted by atomic mass is 9.89. The standard InChI is InChI=1S/C24H24N2O2S/c1-14-9-10-17(11-15(14)2)25-20(27)13-29-24(25)19-8-6-7-18-16(3)12-23(4,5)26(21(18)19)22(24)28/h6-12H,13H2,1-5H3. The number of thioether (sulfide) groups is 1. The van der Waals surface area contributed by atoms with Crippen molar-refractivity contribution in [2.24, 2.45) is 0 Å². The molecule has 2 aromatic rings. The van der Waals surface area contributed by atoms with Gasteiger partial charge in [-0.15, -0.1) is 11.8 Å². The normalized spacial score (nSPS) is 24.4. The number of rotatable bonds is 1. The molecule has 5 rings (SSSR count). The molecule has 2 amide bonds. The molecule has 1 saturated heterocycles. The zero-order valence-corrected chi connectivity index (χ0v) is 18.2. The van der Waals surface area contributed by atoms with E-state index in [-0.39, 0.29) is 11.8 Å². The van der Waals surface area contributed by atoms with Crippen LogP contribution in [0.3, 0.4) is 0 Å². The number of benzene rings is 2. The highest BCUT2D eigenvalue weighted by Crippen LogP contribution is 2.59. The van der Waals surface area contributed by atoms with Gasteiger partial charge in [0.15, 0.2) is 0 Å². The Morgan fingerprint density at radius 3 is 2.45 bits per heavy atom. The van der Waals surface area contributed by atoms with Crippen molar-refractivity contribution in [1.29, 1.82) is 0 Å². The van der Waals surface area contributed by atoms with Gasteiger partial charge in [-0.1, -0.05) is 30.3 Å². The predicted octanol–water partition coefficient (Wildman–Crippen LogP) is 4.78. The molecule has 0 aromatic heterocycles. The van der Waals surface area contributed by atoms with E-state index >= 15 is 0 Å². The van der Waals surface area contributed by atoms with Crippen LogP contribution in [-0.4, -0.2) is 23.1 Å². The van der Waals surface area contributed by atoms with Crippen LogP contribution in [0, 0.1) is 13.8 Å². The molecule has 2 aromatic carbocycles. The summed E-state index contributed by atoms with van der Waals surface area (Å²) < 4.78 is 0. The summed E-state index contributed by atoms with van der Waals surface area (Å²) in [4.78, 5) is 29.8. The molecular formula is C24H24N2O2S. The van der Waals surface area contributed by atoms with Crippen LogP contribution in [0.15, 0.2) is 42.5 Å². The summed E-state index contributed by atoms with van der Waals surface area (Å²) in [5.41, 5.74) is 6.75. The molecule has 1 spiro atoms. The van der Waals surface area contributed by atoms with E-state index in [1.807, 2.05) is 42.2 Å². The van der Waals surface area contributed by atoms with Crippen LogP contribution in [0.1, 0.15) is 43.0 Å². The number of carbonyl (C=O) groups excluding carboxylic acids is 2. The topological polar surface area (TPSA) is 40.6 Å². The number of carbonyl (C=O) groups is 2. The Kier molecular flexibility index (Phi) is 3.67. The van der Waals surface area contributed by atoms with Crippen LogP contribution in [0.2, 0.25) is 0 Å². The van der Waals surface area contributed by atoms with Gasteiger partial charge in [0, 0.05) is 16.8 Å². The van der Waals surface area contributed by atoms with E-state index < -0.39 is 10.4 Å². The van der Waals surface area contributed by atoms with Gasteiger partial charge in [0.1, 0.15) is 0 Å². The van der Waals surface area contributed by atoms with Gasteiger partial charge in [-0.2, -0.15) is 0 Å². The summed E-state index contributed by atoms with van der Waals surface area (Å²) in [5, 5.41) is 0. The van der Waals surface area contributed by atoms with Gasteiger partial charge in [-0.3, -0.25) is 19.4 Å². The van der Waals surface area contributed by atoms with E-state index in [1.165, 1.54) is 22.9 Å². The van der Waals surface area contributed by atoms with E-state index in [1.54, 1.807) is 4.90 Å². The minimum atomic E-state index is -1.04. The molecule has 1 unspecified atom stereocenters. The smallest absolute Gasteiger partial charge is 0.269 e. The molecule has 3 heterocycles. The van der Waals surface area contributed by atoms with Gasteiger partial charge in [-0.25, -0.2) is 0 Å². The van der Waals surface area contributed by atoms with E-state index in [0.29, 0.717) is 5.75 Å². The van der Waals surface area contributed by atoms with Crippen LogP contribution in [0.4, 0.5) is 11.4 Å². The molecule has 4 nitrogen and oxygen atoms in total. The molecule has 0 radical (unpaired) electrons. The Morgan fingerprint density at radius 2 is 1.72 bits per heavy atom. The second-order valence-corrected chi connectivity index (χ2v) is 9.92. The zero-order valence-electron chi connectivity index (χ0n) is 17.4. The monoisotopic (exact) mass is 404 g/mol. The molecule has 1 atom stereocenters. The number of nitrogens with zero attached hydrogens (tertiary/aromatic N) is 2. The van der Waals surface area contributed by atoms with Crippen LogP contribution >= 0.6 is 11.8 Å². The largest absolute Gasteiger partial charge is 0.299 e. The summed E-state index contributed by atoms with van der Waals surface area (Å²) in [6.45, 7) is 10.3. The third-order valence-electron chi connectivity index (χ3n) is 6.41. The molecule has 1 fully saturated rings. The van der Waals surface area contributed by atoms with Crippen molar-refractivity contribution in [2.45, 2.75) is 45.0 Å². The highest BCUT2D eigenvalue weighted by molar-refractivity contribution is 8.02. The lowest BCUT2D eigenvalue weighted by Crippen LogP contribution is -2.54. The van der Waals surface area contributed by atoms with Gasteiger partial charge < -0.3 is 0 Å². The maximum atomic E-state index is 14.1. The highest BCUT2D eigenvalue weighted by atomic mass is 32.2. The summed E-state index contributed by atoms with van der Waals surface area (Å²) in [7, 11) is 0. The summed E-state index contributed by atoms with van der Waals surface area (Å²) in [6, 6.07) is 12.1. The molecule has 148 valence electrons. The Bertz CT molecular complexity index is 1130. The van der Waals surface area contributed by atoms with Crippen molar-refractivity contribution in [3.63, 3.8) is 0 Å². The second kappa shape index (κ2) is 5.76. The van der Waals surface area contributed by atoms with Crippen molar-refractivity contribution in [1.82, 2.24) is 0 Å². The Balaban J connectivity index is 1.80. The van der Waals surface area contributed by atoms with Crippen molar-refractivity contribution in [3.8, 4) is 0 Å². The number of anilines is 2. The van der Waals surface area contributed by atoms with E-state index in [4.69, 9.17) is 0 Å². The average Bonchev–Trinajstić information content (AvgIpc) is 3.13. The summed E-state index contributed by atoms with van der Waals surface area (Å²) in [5.74, 6) is 0.248. The fraction of sp³-hybridized carbons (Fsp3) is 0.333. The van der Waals surface area contributed by atoms with Gasteiger partial charge in [-0.05, 0) is 63.5 Å². The molecule has 3 aliphatic heterocycles. The van der Waals surface area contributed by atoms with Crippen molar-refractivity contribution >= 4 is 40.5 Å². The fourth-order valence-corrected chi connectivity index (χ4v) is 6.32. The Morgan fingerprint density at radius 1 is 0.966 bits per heavy atom. The molecule has 0 bridgehead atoms. The van der Waals surface area contributed by atoms with Crippen LogP contribution < -0.4 is 9.80 Å². The lowest BCUT2D eigenvalue weighted by Gasteiger charge is -2.40. The molecule has 0 aliphatic carbocycles. The fourth-order valence-electron chi connectivity index (χ4n) is 4.98. The number of fused-ring (bicyclic) bond motifs is 1.